The molecule has 5 heteroatoms. The smallest absolute Gasteiger partial charge is 0.227 e. The lowest BCUT2D eigenvalue weighted by atomic mass is 9.88. The molecule has 0 saturated carbocycles. The number of amides is 1. The van der Waals surface area contributed by atoms with Crippen LogP contribution in [0.3, 0.4) is 0 Å². The molecule has 2 saturated heterocycles. The number of aromatic nitrogens is 1. The molecule has 0 N–H and O–H groups in total. The maximum Gasteiger partial charge on any atom is 0.227 e. The van der Waals surface area contributed by atoms with Crippen LogP contribution in [-0.2, 0) is 4.79 Å². The van der Waals surface area contributed by atoms with E-state index in [0.29, 0.717) is 5.92 Å². The topological polar surface area (TPSA) is 45.7 Å². The van der Waals surface area contributed by atoms with Crippen LogP contribution in [0, 0.1) is 18.8 Å². The first-order chi connectivity index (χ1) is 11.6. The molecular formula is C19H23N3O2. The first-order valence-corrected chi connectivity index (χ1v) is 8.52. The fourth-order valence-electron chi connectivity index (χ4n) is 4.08. The van der Waals surface area contributed by atoms with E-state index in [4.69, 9.17) is 9.72 Å². The van der Waals surface area contributed by atoms with Gasteiger partial charge in [-0.1, -0.05) is 12.1 Å². The van der Waals surface area contributed by atoms with E-state index in [1.807, 2.05) is 24.1 Å². The Morgan fingerprint density at radius 3 is 2.92 bits per heavy atom. The number of ether oxygens (including phenoxy) is 1. The molecule has 0 spiro atoms. The summed E-state index contributed by atoms with van der Waals surface area (Å²) in [7, 11) is 3.59. The van der Waals surface area contributed by atoms with Crippen LogP contribution < -0.4 is 9.64 Å². The number of fused-ring (bicyclic) bond motifs is 2. The van der Waals surface area contributed by atoms with Gasteiger partial charge in [-0.25, -0.2) is 4.98 Å². The molecule has 126 valence electrons. The number of carbonyl (C=O) groups excluding carboxylic acids is 1. The van der Waals surface area contributed by atoms with Crippen molar-refractivity contribution in [2.75, 3.05) is 38.7 Å². The van der Waals surface area contributed by atoms with Crippen molar-refractivity contribution in [3.8, 4) is 5.75 Å². The Morgan fingerprint density at radius 2 is 2.12 bits per heavy atom. The lowest BCUT2D eigenvalue weighted by Gasteiger charge is -2.30. The summed E-state index contributed by atoms with van der Waals surface area (Å²) in [6, 6.07) is 8.15. The molecule has 1 aromatic heterocycles. The molecule has 2 aliphatic heterocycles. The van der Waals surface area contributed by atoms with Gasteiger partial charge in [0.05, 0.1) is 13.0 Å². The van der Waals surface area contributed by atoms with Gasteiger partial charge in [-0.15, -0.1) is 0 Å². The fourth-order valence-corrected chi connectivity index (χ4v) is 4.08. The van der Waals surface area contributed by atoms with Crippen LogP contribution in [0.5, 0.6) is 5.75 Å². The molecule has 1 aromatic carbocycles. The van der Waals surface area contributed by atoms with Crippen molar-refractivity contribution in [3.05, 3.63) is 29.8 Å². The van der Waals surface area contributed by atoms with E-state index in [2.05, 4.69) is 24.0 Å². The minimum absolute atomic E-state index is 0.110. The standard InChI is InChI=1S/C19H23N3O2/c1-12-9-17(20-18-14(12)5-4-6-16(18)24-3)22-10-13-7-8-21(2)19(23)15(13)11-22/h4-6,9,13,15H,7-8,10-11H2,1-3H3/t13-,15+/m1/s1. The van der Waals surface area contributed by atoms with Gasteiger partial charge in [0.2, 0.25) is 5.91 Å². The van der Waals surface area contributed by atoms with Gasteiger partial charge in [-0.05, 0) is 37.0 Å². The zero-order valence-corrected chi connectivity index (χ0v) is 14.5. The molecule has 1 amide bonds. The number of methoxy groups -OCH3 is 1. The lowest BCUT2D eigenvalue weighted by Crippen LogP contribution is -2.42. The Morgan fingerprint density at radius 1 is 1.29 bits per heavy atom. The zero-order valence-electron chi connectivity index (χ0n) is 14.5. The highest BCUT2D eigenvalue weighted by atomic mass is 16.5. The van der Waals surface area contributed by atoms with Gasteiger partial charge in [0, 0.05) is 32.1 Å². The van der Waals surface area contributed by atoms with Gasteiger partial charge >= 0.3 is 0 Å². The quantitative estimate of drug-likeness (QED) is 0.851. The normalized spacial score (nSPS) is 23.7. The molecular weight excluding hydrogens is 302 g/mol. The van der Waals surface area contributed by atoms with Crippen LogP contribution in [0.4, 0.5) is 5.82 Å². The molecule has 3 heterocycles. The summed E-state index contributed by atoms with van der Waals surface area (Å²) in [5, 5.41) is 1.12. The highest BCUT2D eigenvalue weighted by Gasteiger charge is 2.42. The number of piperidine rings is 1. The van der Waals surface area contributed by atoms with Gasteiger partial charge in [0.25, 0.3) is 0 Å². The van der Waals surface area contributed by atoms with Crippen molar-refractivity contribution < 1.29 is 9.53 Å². The van der Waals surface area contributed by atoms with E-state index >= 15 is 0 Å². The van der Waals surface area contributed by atoms with Crippen LogP contribution in [0.1, 0.15) is 12.0 Å². The average Bonchev–Trinajstić information content (AvgIpc) is 3.03. The van der Waals surface area contributed by atoms with Crippen molar-refractivity contribution in [1.29, 1.82) is 0 Å². The van der Waals surface area contributed by atoms with Crippen LogP contribution in [-0.4, -0.2) is 49.6 Å². The summed E-state index contributed by atoms with van der Waals surface area (Å²) in [5.74, 6) is 2.59. The number of likely N-dealkylation sites (tertiary alicyclic amines) is 1. The highest BCUT2D eigenvalue weighted by Crippen LogP contribution is 2.36. The lowest BCUT2D eigenvalue weighted by molar-refractivity contribution is -0.137. The number of anilines is 1. The molecule has 2 aromatic rings. The Labute approximate surface area is 142 Å². The predicted octanol–water partition coefficient (Wildman–Crippen LogP) is 2.47. The van der Waals surface area contributed by atoms with Gasteiger partial charge in [0.15, 0.2) is 0 Å². The summed E-state index contributed by atoms with van der Waals surface area (Å²) in [6.07, 6.45) is 1.08. The highest BCUT2D eigenvalue weighted by molar-refractivity contribution is 5.89. The first kappa shape index (κ1) is 15.2. The predicted molar refractivity (Wildman–Crippen MR) is 94.5 cm³/mol. The third kappa shape index (κ3) is 2.30. The Bertz CT molecular complexity index is 805. The molecule has 24 heavy (non-hydrogen) atoms. The van der Waals surface area contributed by atoms with Crippen molar-refractivity contribution in [2.45, 2.75) is 13.3 Å². The van der Waals surface area contributed by atoms with Gasteiger partial charge in [-0.2, -0.15) is 0 Å². The van der Waals surface area contributed by atoms with Gasteiger partial charge in [-0.3, -0.25) is 4.79 Å². The second kappa shape index (κ2) is 5.65. The third-order valence-corrected chi connectivity index (χ3v) is 5.51. The summed E-state index contributed by atoms with van der Waals surface area (Å²) < 4.78 is 5.48. The largest absolute Gasteiger partial charge is 0.494 e. The fraction of sp³-hybridized carbons (Fsp3) is 0.474. The number of rotatable bonds is 2. The van der Waals surface area contributed by atoms with E-state index in [-0.39, 0.29) is 11.8 Å². The molecule has 5 nitrogen and oxygen atoms in total. The van der Waals surface area contributed by atoms with E-state index < -0.39 is 0 Å². The molecule has 0 unspecified atom stereocenters. The monoisotopic (exact) mass is 325 g/mol. The van der Waals surface area contributed by atoms with E-state index in [1.54, 1.807) is 7.11 Å². The zero-order chi connectivity index (χ0) is 16.8. The SMILES string of the molecule is COc1cccc2c(C)cc(N3C[C@H]4CCN(C)C(=O)[C@H]4C3)nc12. The number of benzene rings is 1. The molecule has 2 aliphatic rings. The van der Waals surface area contributed by atoms with E-state index in [1.165, 1.54) is 5.56 Å². The van der Waals surface area contributed by atoms with Crippen molar-refractivity contribution in [3.63, 3.8) is 0 Å². The number of para-hydroxylation sites is 1. The van der Waals surface area contributed by atoms with Crippen molar-refractivity contribution >= 4 is 22.6 Å². The molecule has 4 rings (SSSR count). The molecule has 0 radical (unpaired) electrons. The van der Waals surface area contributed by atoms with E-state index in [9.17, 15) is 4.79 Å². The third-order valence-electron chi connectivity index (χ3n) is 5.51. The molecule has 0 aliphatic carbocycles. The van der Waals surface area contributed by atoms with Crippen molar-refractivity contribution in [1.82, 2.24) is 9.88 Å². The van der Waals surface area contributed by atoms with E-state index in [0.717, 1.165) is 48.5 Å². The second-order valence-electron chi connectivity index (χ2n) is 6.97. The summed E-state index contributed by atoms with van der Waals surface area (Å²) in [4.78, 5) is 21.4. The average molecular weight is 325 g/mol. The maximum atomic E-state index is 12.4. The van der Waals surface area contributed by atoms with Crippen LogP contribution in [0.2, 0.25) is 0 Å². The van der Waals surface area contributed by atoms with Crippen LogP contribution in [0.25, 0.3) is 10.9 Å². The number of pyridine rings is 1. The molecule has 0 bridgehead atoms. The summed E-state index contributed by atoms with van der Waals surface area (Å²) in [5.41, 5.74) is 2.08. The number of hydrogen-bond donors (Lipinski definition) is 0. The molecule has 2 atom stereocenters. The van der Waals surface area contributed by atoms with Gasteiger partial charge < -0.3 is 14.5 Å². The van der Waals surface area contributed by atoms with Crippen LogP contribution >= 0.6 is 0 Å². The Balaban J connectivity index is 1.71. The van der Waals surface area contributed by atoms with Crippen molar-refractivity contribution in [2.24, 2.45) is 11.8 Å². The number of aryl methyl sites for hydroxylation is 1. The maximum absolute atomic E-state index is 12.4. The minimum Gasteiger partial charge on any atom is -0.494 e. The van der Waals surface area contributed by atoms with Crippen LogP contribution in [0.15, 0.2) is 24.3 Å². The Hall–Kier alpha value is -2.30. The molecule has 2 fully saturated rings. The number of nitrogens with zero attached hydrogens (tertiary/aromatic N) is 3. The minimum atomic E-state index is 0.110. The first-order valence-electron chi connectivity index (χ1n) is 8.52. The number of carbonyl (C=O) groups is 1. The Kier molecular flexibility index (Phi) is 3.59. The summed E-state index contributed by atoms with van der Waals surface area (Å²) >= 11 is 0. The second-order valence-corrected chi connectivity index (χ2v) is 6.97. The summed E-state index contributed by atoms with van der Waals surface area (Å²) in [6.45, 7) is 4.65. The van der Waals surface area contributed by atoms with Gasteiger partial charge in [0.1, 0.15) is 17.1 Å². The number of hydrogen-bond acceptors (Lipinski definition) is 4.